The molecule has 0 radical (unpaired) electrons. The van der Waals surface area contributed by atoms with Gasteiger partial charge in [0, 0.05) is 0 Å². The van der Waals surface area contributed by atoms with Gasteiger partial charge < -0.3 is 15.1 Å². The first-order valence-corrected chi connectivity index (χ1v) is 4.06. The number of aliphatic hydroxyl groups is 1. The first-order valence-electron chi connectivity index (χ1n) is 4.06. The maximum atomic E-state index is 10.4. The smallest absolute Gasteiger partial charge is 0.308 e. The van der Waals surface area contributed by atoms with E-state index < -0.39 is 11.9 Å². The van der Waals surface area contributed by atoms with Crippen molar-refractivity contribution in [2.75, 3.05) is 27.2 Å². The molecular weight excluding hydrogens is 158 g/mol. The summed E-state index contributed by atoms with van der Waals surface area (Å²) in [5.41, 5.74) is 0. The predicted octanol–water partition coefficient (Wildman–Crippen LogP) is 0.0213. The van der Waals surface area contributed by atoms with Crippen molar-refractivity contribution in [3.8, 4) is 0 Å². The van der Waals surface area contributed by atoms with Crippen LogP contribution in [0.15, 0.2) is 0 Å². The van der Waals surface area contributed by atoms with Crippen LogP contribution in [0.25, 0.3) is 0 Å². The third kappa shape index (κ3) is 5.09. The van der Waals surface area contributed by atoms with Crippen LogP contribution < -0.4 is 0 Å². The van der Waals surface area contributed by atoms with Crippen molar-refractivity contribution < 1.29 is 15.0 Å². The lowest BCUT2D eigenvalue weighted by molar-refractivity contribution is -0.143. The van der Waals surface area contributed by atoms with Crippen molar-refractivity contribution in [2.45, 2.75) is 12.8 Å². The lowest BCUT2D eigenvalue weighted by Gasteiger charge is -2.11. The molecule has 2 N–H and O–H groups in total. The summed E-state index contributed by atoms with van der Waals surface area (Å²) >= 11 is 0. The van der Waals surface area contributed by atoms with E-state index >= 15 is 0 Å². The Morgan fingerprint density at radius 1 is 1.50 bits per heavy atom. The summed E-state index contributed by atoms with van der Waals surface area (Å²) in [5.74, 6) is -1.50. The second kappa shape index (κ2) is 5.97. The first kappa shape index (κ1) is 11.4. The van der Waals surface area contributed by atoms with Crippen LogP contribution in [0.5, 0.6) is 0 Å². The summed E-state index contributed by atoms with van der Waals surface area (Å²) in [4.78, 5) is 12.4. The van der Waals surface area contributed by atoms with Crippen LogP contribution in [-0.4, -0.2) is 48.3 Å². The van der Waals surface area contributed by atoms with Crippen LogP contribution >= 0.6 is 0 Å². The van der Waals surface area contributed by atoms with Gasteiger partial charge in [0.2, 0.25) is 0 Å². The largest absolute Gasteiger partial charge is 0.481 e. The number of hydrogen-bond donors (Lipinski definition) is 2. The summed E-state index contributed by atoms with van der Waals surface area (Å²) < 4.78 is 0. The Morgan fingerprint density at radius 3 is 2.42 bits per heavy atom. The highest BCUT2D eigenvalue weighted by Crippen LogP contribution is 2.05. The number of carbonyl (C=O) groups is 1. The number of carboxylic acid groups (broad SMARTS) is 1. The molecular formula is C8H17NO3. The molecule has 0 heterocycles. The van der Waals surface area contributed by atoms with Crippen LogP contribution in [0.4, 0.5) is 0 Å². The molecule has 0 aliphatic carbocycles. The van der Waals surface area contributed by atoms with Crippen molar-refractivity contribution in [1.82, 2.24) is 4.90 Å². The summed E-state index contributed by atoms with van der Waals surface area (Å²) in [6.45, 7) is 0.604. The summed E-state index contributed by atoms with van der Waals surface area (Å²) in [6, 6.07) is 0. The van der Waals surface area contributed by atoms with E-state index in [0.29, 0.717) is 6.42 Å². The fraction of sp³-hybridized carbons (Fsp3) is 0.875. The van der Waals surface area contributed by atoms with Crippen molar-refractivity contribution >= 4 is 5.97 Å². The Bertz CT molecular complexity index is 136. The lowest BCUT2D eigenvalue weighted by Crippen LogP contribution is -2.20. The van der Waals surface area contributed by atoms with Crippen molar-refractivity contribution in [3.63, 3.8) is 0 Å². The first-order chi connectivity index (χ1) is 5.57. The highest BCUT2D eigenvalue weighted by molar-refractivity contribution is 5.69. The molecule has 4 heteroatoms. The Morgan fingerprint density at radius 2 is 2.08 bits per heavy atom. The molecule has 0 saturated heterocycles. The van der Waals surface area contributed by atoms with Crippen LogP contribution in [0.1, 0.15) is 12.8 Å². The normalized spacial score (nSPS) is 13.3. The molecule has 0 aliphatic rings. The van der Waals surface area contributed by atoms with E-state index in [2.05, 4.69) is 0 Å². The predicted molar refractivity (Wildman–Crippen MR) is 46.0 cm³/mol. The summed E-state index contributed by atoms with van der Waals surface area (Å²) in [5, 5.41) is 17.2. The molecule has 0 bridgehead atoms. The Hall–Kier alpha value is -0.610. The van der Waals surface area contributed by atoms with E-state index in [1.165, 1.54) is 0 Å². The number of aliphatic carboxylic acids is 1. The van der Waals surface area contributed by atoms with E-state index in [1.54, 1.807) is 0 Å². The Kier molecular flexibility index (Phi) is 5.66. The number of aliphatic hydroxyl groups excluding tert-OH is 1. The van der Waals surface area contributed by atoms with Gasteiger partial charge in [-0.25, -0.2) is 0 Å². The molecule has 0 amide bonds. The minimum Gasteiger partial charge on any atom is -0.481 e. The highest BCUT2D eigenvalue weighted by atomic mass is 16.4. The Balaban J connectivity index is 3.52. The van der Waals surface area contributed by atoms with Gasteiger partial charge in [-0.3, -0.25) is 4.79 Å². The van der Waals surface area contributed by atoms with Gasteiger partial charge in [-0.1, -0.05) is 0 Å². The second-order valence-corrected chi connectivity index (χ2v) is 3.16. The number of hydrogen-bond acceptors (Lipinski definition) is 3. The van der Waals surface area contributed by atoms with E-state index in [4.69, 9.17) is 10.2 Å². The average Bonchev–Trinajstić information content (AvgIpc) is 1.96. The van der Waals surface area contributed by atoms with Gasteiger partial charge in [0.1, 0.15) is 0 Å². The molecule has 0 aromatic heterocycles. The molecule has 12 heavy (non-hydrogen) atoms. The standard InChI is InChI=1S/C8H17NO3/c1-9(2)5-3-4-7(6-10)8(11)12/h7,10H,3-6H2,1-2H3,(H,11,12). The molecule has 0 aliphatic heterocycles. The van der Waals surface area contributed by atoms with Gasteiger partial charge >= 0.3 is 5.97 Å². The van der Waals surface area contributed by atoms with Gasteiger partial charge in [0.25, 0.3) is 0 Å². The quantitative estimate of drug-likeness (QED) is 0.597. The zero-order valence-corrected chi connectivity index (χ0v) is 7.66. The van der Waals surface area contributed by atoms with Crippen molar-refractivity contribution in [2.24, 2.45) is 5.92 Å². The van der Waals surface area contributed by atoms with E-state index in [1.807, 2.05) is 19.0 Å². The second-order valence-electron chi connectivity index (χ2n) is 3.16. The monoisotopic (exact) mass is 175 g/mol. The molecule has 1 unspecified atom stereocenters. The van der Waals surface area contributed by atoms with Gasteiger partial charge in [-0.05, 0) is 33.5 Å². The number of rotatable bonds is 6. The topological polar surface area (TPSA) is 60.8 Å². The molecule has 72 valence electrons. The molecule has 0 saturated carbocycles. The average molecular weight is 175 g/mol. The summed E-state index contributed by atoms with van der Waals surface area (Å²) in [7, 11) is 3.88. The maximum Gasteiger partial charge on any atom is 0.308 e. The number of carboxylic acids is 1. The summed E-state index contributed by atoms with van der Waals surface area (Å²) in [6.07, 6.45) is 1.36. The molecule has 0 rings (SSSR count). The SMILES string of the molecule is CN(C)CCCC(CO)C(=O)O. The van der Waals surface area contributed by atoms with Crippen LogP contribution in [0, 0.1) is 5.92 Å². The molecule has 0 aromatic rings. The molecule has 4 nitrogen and oxygen atoms in total. The van der Waals surface area contributed by atoms with Crippen LogP contribution in [0.3, 0.4) is 0 Å². The Labute approximate surface area is 72.8 Å². The minimum absolute atomic E-state index is 0.261. The van der Waals surface area contributed by atoms with Gasteiger partial charge in [-0.15, -0.1) is 0 Å². The molecule has 0 spiro atoms. The number of nitrogens with zero attached hydrogens (tertiary/aromatic N) is 1. The van der Waals surface area contributed by atoms with Crippen molar-refractivity contribution in [3.05, 3.63) is 0 Å². The third-order valence-electron chi connectivity index (χ3n) is 1.73. The molecule has 0 fully saturated rings. The zero-order chi connectivity index (χ0) is 9.56. The van der Waals surface area contributed by atoms with Gasteiger partial charge in [0.05, 0.1) is 12.5 Å². The third-order valence-corrected chi connectivity index (χ3v) is 1.73. The fourth-order valence-corrected chi connectivity index (χ4v) is 0.947. The van der Waals surface area contributed by atoms with Gasteiger partial charge in [0.15, 0.2) is 0 Å². The fourth-order valence-electron chi connectivity index (χ4n) is 0.947. The van der Waals surface area contributed by atoms with E-state index in [-0.39, 0.29) is 6.61 Å². The van der Waals surface area contributed by atoms with Crippen molar-refractivity contribution in [1.29, 1.82) is 0 Å². The maximum absolute atomic E-state index is 10.4. The van der Waals surface area contributed by atoms with Gasteiger partial charge in [-0.2, -0.15) is 0 Å². The zero-order valence-electron chi connectivity index (χ0n) is 7.66. The lowest BCUT2D eigenvalue weighted by atomic mass is 10.0. The van der Waals surface area contributed by atoms with E-state index in [0.717, 1.165) is 13.0 Å². The highest BCUT2D eigenvalue weighted by Gasteiger charge is 2.14. The van der Waals surface area contributed by atoms with Crippen LogP contribution in [-0.2, 0) is 4.79 Å². The van der Waals surface area contributed by atoms with E-state index in [9.17, 15) is 4.79 Å². The minimum atomic E-state index is -0.906. The molecule has 1 atom stereocenters. The van der Waals surface area contributed by atoms with Crippen LogP contribution in [0.2, 0.25) is 0 Å². The molecule has 0 aromatic carbocycles.